The van der Waals surface area contributed by atoms with Gasteiger partial charge in [0, 0.05) is 6.42 Å². The summed E-state index contributed by atoms with van der Waals surface area (Å²) in [6, 6.07) is 6.22. The van der Waals surface area contributed by atoms with Gasteiger partial charge in [0.25, 0.3) is 0 Å². The van der Waals surface area contributed by atoms with Crippen molar-refractivity contribution < 1.29 is 24.3 Å². The second-order valence-corrected chi connectivity index (χ2v) is 8.41. The van der Waals surface area contributed by atoms with Crippen molar-refractivity contribution in [3.8, 4) is 0 Å². The Hall–Kier alpha value is -2.94. The zero-order chi connectivity index (χ0) is 24.3. The molecule has 9 nitrogen and oxygen atoms in total. The van der Waals surface area contributed by atoms with Gasteiger partial charge in [-0.1, -0.05) is 64.4 Å². The van der Waals surface area contributed by atoms with Crippen molar-refractivity contribution in [2.24, 2.45) is 17.6 Å². The first-order valence-electron chi connectivity index (χ1n) is 11.0. The van der Waals surface area contributed by atoms with Gasteiger partial charge in [0.05, 0.1) is 6.54 Å². The minimum absolute atomic E-state index is 0.0646. The third-order valence-electron chi connectivity index (χ3n) is 5.23. The molecule has 0 aliphatic carbocycles. The molecule has 0 saturated heterocycles. The van der Waals surface area contributed by atoms with E-state index in [1.807, 2.05) is 51.1 Å². The molecule has 1 aromatic rings. The minimum Gasteiger partial charge on any atom is -0.480 e. The number of benzene rings is 1. The summed E-state index contributed by atoms with van der Waals surface area (Å²) in [6.07, 6.45) is 1.07. The number of aliphatic carboxylic acids is 1. The first kappa shape index (κ1) is 27.1. The van der Waals surface area contributed by atoms with Crippen LogP contribution < -0.4 is 21.7 Å². The fourth-order valence-corrected chi connectivity index (χ4v) is 3.22. The van der Waals surface area contributed by atoms with Crippen LogP contribution in [0.15, 0.2) is 30.3 Å². The molecule has 0 bridgehead atoms. The first-order chi connectivity index (χ1) is 15.1. The maximum Gasteiger partial charge on any atom is 0.326 e. The van der Waals surface area contributed by atoms with Gasteiger partial charge in [-0.3, -0.25) is 14.4 Å². The van der Waals surface area contributed by atoms with Gasteiger partial charge in [0.15, 0.2) is 0 Å². The second kappa shape index (κ2) is 13.5. The monoisotopic (exact) mass is 448 g/mol. The van der Waals surface area contributed by atoms with Crippen LogP contribution in [0, 0.1) is 11.8 Å². The lowest BCUT2D eigenvalue weighted by atomic mass is 9.96. The normalized spacial score (nSPS) is 14.7. The Morgan fingerprint density at radius 1 is 0.938 bits per heavy atom. The van der Waals surface area contributed by atoms with E-state index in [1.54, 1.807) is 6.92 Å². The highest BCUT2D eigenvalue weighted by Gasteiger charge is 2.32. The van der Waals surface area contributed by atoms with E-state index >= 15 is 0 Å². The standard InChI is InChI=1S/C23H36N4O5/c1-5-15(4)20(22(30)26-18(23(31)32)11-14(2)3)27-21(29)17(25-19(28)13-24)12-16-9-7-6-8-10-16/h6-10,14-15,17-18,20H,5,11-13,24H2,1-4H3,(H,25,28)(H,26,30)(H,27,29)(H,31,32)/t15?,17-,18-,20-/m0/s1. The molecule has 0 fully saturated rings. The molecule has 178 valence electrons. The van der Waals surface area contributed by atoms with Crippen LogP contribution in [-0.2, 0) is 25.6 Å². The number of carbonyl (C=O) groups excluding carboxylic acids is 3. The molecule has 6 N–H and O–H groups in total. The molecule has 0 radical (unpaired) electrons. The highest BCUT2D eigenvalue weighted by Crippen LogP contribution is 2.12. The largest absolute Gasteiger partial charge is 0.480 e. The summed E-state index contributed by atoms with van der Waals surface area (Å²) in [5.74, 6) is -2.91. The molecule has 32 heavy (non-hydrogen) atoms. The van der Waals surface area contributed by atoms with Crippen molar-refractivity contribution in [1.29, 1.82) is 0 Å². The molecule has 0 heterocycles. The van der Waals surface area contributed by atoms with Gasteiger partial charge in [-0.05, 0) is 23.8 Å². The number of amides is 3. The first-order valence-corrected chi connectivity index (χ1v) is 11.0. The second-order valence-electron chi connectivity index (χ2n) is 8.41. The molecule has 1 rings (SSSR count). The van der Waals surface area contributed by atoms with Crippen molar-refractivity contribution in [2.45, 2.75) is 65.1 Å². The summed E-state index contributed by atoms with van der Waals surface area (Å²) < 4.78 is 0. The van der Waals surface area contributed by atoms with E-state index in [0.29, 0.717) is 6.42 Å². The number of rotatable bonds is 13. The number of hydrogen-bond acceptors (Lipinski definition) is 5. The summed E-state index contributed by atoms with van der Waals surface area (Å²) in [6.45, 7) is 7.13. The van der Waals surface area contributed by atoms with Gasteiger partial charge in [0.1, 0.15) is 18.1 Å². The summed E-state index contributed by atoms with van der Waals surface area (Å²) in [4.78, 5) is 49.5. The molecule has 0 aliphatic rings. The van der Waals surface area contributed by atoms with Crippen LogP contribution in [0.3, 0.4) is 0 Å². The average Bonchev–Trinajstić information content (AvgIpc) is 2.75. The van der Waals surface area contributed by atoms with Crippen LogP contribution in [0.2, 0.25) is 0 Å². The van der Waals surface area contributed by atoms with Crippen LogP contribution in [0.25, 0.3) is 0 Å². The lowest BCUT2D eigenvalue weighted by molar-refractivity contribution is -0.143. The highest BCUT2D eigenvalue weighted by atomic mass is 16.4. The van der Waals surface area contributed by atoms with Gasteiger partial charge in [-0.2, -0.15) is 0 Å². The fraction of sp³-hybridized carbons (Fsp3) is 0.565. The highest BCUT2D eigenvalue weighted by molar-refractivity contribution is 5.93. The average molecular weight is 449 g/mol. The third-order valence-corrected chi connectivity index (χ3v) is 5.23. The minimum atomic E-state index is -1.13. The number of carboxylic acid groups (broad SMARTS) is 1. The Bertz CT molecular complexity index is 769. The predicted octanol–water partition coefficient (Wildman–Crippen LogP) is 0.819. The van der Waals surface area contributed by atoms with Crippen LogP contribution in [0.4, 0.5) is 0 Å². The van der Waals surface area contributed by atoms with E-state index in [0.717, 1.165) is 5.56 Å². The zero-order valence-electron chi connectivity index (χ0n) is 19.3. The van der Waals surface area contributed by atoms with Gasteiger partial charge in [-0.15, -0.1) is 0 Å². The van der Waals surface area contributed by atoms with E-state index in [4.69, 9.17) is 5.73 Å². The van der Waals surface area contributed by atoms with E-state index in [2.05, 4.69) is 16.0 Å². The Morgan fingerprint density at radius 3 is 2.06 bits per heavy atom. The fourth-order valence-electron chi connectivity index (χ4n) is 3.22. The van der Waals surface area contributed by atoms with Gasteiger partial charge in [0.2, 0.25) is 17.7 Å². The third kappa shape index (κ3) is 9.05. The van der Waals surface area contributed by atoms with Gasteiger partial charge in [-0.25, -0.2) is 4.79 Å². The van der Waals surface area contributed by atoms with E-state index in [9.17, 15) is 24.3 Å². The molecule has 0 spiro atoms. The Morgan fingerprint density at radius 2 is 1.56 bits per heavy atom. The topological polar surface area (TPSA) is 151 Å². The van der Waals surface area contributed by atoms with Crippen molar-refractivity contribution in [3.05, 3.63) is 35.9 Å². The van der Waals surface area contributed by atoms with Crippen LogP contribution in [-0.4, -0.2) is 53.5 Å². The van der Waals surface area contributed by atoms with Crippen LogP contribution in [0.1, 0.15) is 46.1 Å². The molecule has 3 amide bonds. The van der Waals surface area contributed by atoms with E-state index in [1.165, 1.54) is 0 Å². The van der Waals surface area contributed by atoms with E-state index in [-0.39, 0.29) is 31.2 Å². The molecular weight excluding hydrogens is 412 g/mol. The van der Waals surface area contributed by atoms with Gasteiger partial charge < -0.3 is 26.8 Å². The smallest absolute Gasteiger partial charge is 0.326 e. The number of nitrogens with one attached hydrogen (secondary N) is 3. The Balaban J connectivity index is 3.04. The zero-order valence-corrected chi connectivity index (χ0v) is 19.3. The predicted molar refractivity (Wildman–Crippen MR) is 122 cm³/mol. The summed E-state index contributed by atoms with van der Waals surface area (Å²) in [5, 5.41) is 17.3. The number of carbonyl (C=O) groups is 4. The van der Waals surface area contributed by atoms with Crippen LogP contribution in [0.5, 0.6) is 0 Å². The van der Waals surface area contributed by atoms with Crippen molar-refractivity contribution in [3.63, 3.8) is 0 Å². The van der Waals surface area contributed by atoms with Crippen molar-refractivity contribution in [1.82, 2.24) is 16.0 Å². The lowest BCUT2D eigenvalue weighted by Gasteiger charge is -2.28. The summed E-state index contributed by atoms with van der Waals surface area (Å²) in [7, 11) is 0. The van der Waals surface area contributed by atoms with Crippen LogP contribution >= 0.6 is 0 Å². The maximum atomic E-state index is 13.1. The SMILES string of the molecule is CCC(C)[C@H](NC(=O)[C@H](Cc1ccccc1)NC(=O)CN)C(=O)N[C@@H](CC(C)C)C(=O)O. The Kier molecular flexibility index (Phi) is 11.4. The molecule has 0 aromatic heterocycles. The lowest BCUT2D eigenvalue weighted by Crippen LogP contribution is -2.58. The van der Waals surface area contributed by atoms with Gasteiger partial charge >= 0.3 is 5.97 Å². The van der Waals surface area contributed by atoms with Crippen molar-refractivity contribution >= 4 is 23.7 Å². The number of nitrogens with two attached hydrogens (primary N) is 1. The maximum absolute atomic E-state index is 13.1. The molecule has 0 saturated carbocycles. The number of hydrogen-bond donors (Lipinski definition) is 5. The molecule has 4 atom stereocenters. The summed E-state index contributed by atoms with van der Waals surface area (Å²) >= 11 is 0. The number of carboxylic acids is 1. The molecule has 0 aliphatic heterocycles. The molecular formula is C23H36N4O5. The summed E-state index contributed by atoms with van der Waals surface area (Å²) in [5.41, 5.74) is 6.22. The molecule has 9 heteroatoms. The molecule has 1 aromatic carbocycles. The Labute approximate surface area is 189 Å². The molecule has 1 unspecified atom stereocenters. The van der Waals surface area contributed by atoms with E-state index < -0.39 is 41.8 Å². The van der Waals surface area contributed by atoms with Crippen molar-refractivity contribution in [2.75, 3.05) is 6.54 Å². The quantitative estimate of drug-likeness (QED) is 0.301.